The van der Waals surface area contributed by atoms with E-state index in [1.807, 2.05) is 102 Å². The van der Waals surface area contributed by atoms with Gasteiger partial charge in [0.1, 0.15) is 12.4 Å². The van der Waals surface area contributed by atoms with Crippen LogP contribution in [0.1, 0.15) is 67.8 Å². The lowest BCUT2D eigenvalue weighted by Gasteiger charge is -2.27. The maximum absolute atomic E-state index is 14.2. The molecular formula is C43H36N4O3+2. The normalized spacial score (nSPS) is 13.2. The Labute approximate surface area is 288 Å². The van der Waals surface area contributed by atoms with Crippen LogP contribution in [0.5, 0.6) is 5.75 Å². The number of ether oxygens (including phenoxy) is 1. The van der Waals surface area contributed by atoms with Gasteiger partial charge in [-0.25, -0.2) is 19.6 Å². The number of hydrogen-bond acceptors (Lipinski definition) is 3. The van der Waals surface area contributed by atoms with Crippen molar-refractivity contribution in [2.45, 2.75) is 48.1 Å². The van der Waals surface area contributed by atoms with Crippen LogP contribution in [-0.2, 0) is 6.61 Å². The number of nitrogens with zero attached hydrogens (tertiary/aromatic N) is 2. The van der Waals surface area contributed by atoms with Gasteiger partial charge in [-0.2, -0.15) is 9.13 Å². The van der Waals surface area contributed by atoms with E-state index in [1.165, 1.54) is 0 Å². The summed E-state index contributed by atoms with van der Waals surface area (Å²) in [6, 6.07) is 28.4. The maximum atomic E-state index is 14.2. The van der Waals surface area contributed by atoms with Crippen molar-refractivity contribution in [3.8, 4) is 28.5 Å². The molecule has 7 heteroatoms. The predicted octanol–water partition coefficient (Wildman–Crippen LogP) is 9.58. The Morgan fingerprint density at radius 1 is 0.520 bits per heavy atom. The Kier molecular flexibility index (Phi) is 6.43. The summed E-state index contributed by atoms with van der Waals surface area (Å²) in [6.07, 6.45) is 0. The summed E-state index contributed by atoms with van der Waals surface area (Å²) in [5, 5.41) is 8.27. The van der Waals surface area contributed by atoms with Crippen LogP contribution in [0.4, 0.5) is 0 Å². The van der Waals surface area contributed by atoms with Crippen molar-refractivity contribution in [3.05, 3.63) is 102 Å². The Morgan fingerprint density at radius 3 is 1.54 bits per heavy atom. The highest BCUT2D eigenvalue weighted by molar-refractivity contribution is 6.40. The monoisotopic (exact) mass is 656 g/mol. The van der Waals surface area contributed by atoms with Crippen molar-refractivity contribution in [1.82, 2.24) is 9.97 Å². The Balaban J connectivity index is 0.000000535. The van der Waals surface area contributed by atoms with Crippen LogP contribution in [0.2, 0.25) is 0 Å². The lowest BCUT2D eigenvalue weighted by Crippen LogP contribution is -2.46. The largest absolute Gasteiger partial charge is 0.488 e. The first-order chi connectivity index (χ1) is 24.7. The van der Waals surface area contributed by atoms with Gasteiger partial charge in [-0.3, -0.25) is 0 Å². The Bertz CT molecular complexity index is 2730. The van der Waals surface area contributed by atoms with Gasteiger partial charge < -0.3 is 4.74 Å². The molecule has 7 nitrogen and oxygen atoms in total. The molecule has 2 aromatic heterocycles. The third-order valence-corrected chi connectivity index (χ3v) is 10.2. The topological polar surface area (TPSA) is 82.7 Å². The van der Waals surface area contributed by atoms with Crippen LogP contribution >= 0.6 is 0 Å². The summed E-state index contributed by atoms with van der Waals surface area (Å²) >= 11 is 0. The molecule has 0 amide bonds. The molecule has 0 unspecified atom stereocenters. The third-order valence-electron chi connectivity index (χ3n) is 10.2. The number of para-hydroxylation sites is 4. The maximum Gasteiger partial charge on any atom is 0.347 e. The highest BCUT2D eigenvalue weighted by Crippen LogP contribution is 2.53. The molecule has 0 atom stereocenters. The van der Waals surface area contributed by atoms with Crippen molar-refractivity contribution >= 4 is 77.0 Å². The van der Waals surface area contributed by atoms with Crippen LogP contribution in [0.15, 0.2) is 84.9 Å². The van der Waals surface area contributed by atoms with Crippen LogP contribution in [0.3, 0.4) is 0 Å². The molecule has 12 rings (SSSR count). The number of fused-ring (bicyclic) bond motifs is 9. The van der Waals surface area contributed by atoms with Crippen molar-refractivity contribution < 1.29 is 23.5 Å². The molecule has 0 spiro atoms. The van der Waals surface area contributed by atoms with E-state index in [1.54, 1.807) is 9.13 Å². The number of rotatable bonds is 0. The fourth-order valence-corrected chi connectivity index (χ4v) is 8.45. The minimum absolute atomic E-state index is 0.0410. The van der Waals surface area contributed by atoms with E-state index in [0.717, 1.165) is 93.5 Å². The average Bonchev–Trinajstić information content (AvgIpc) is 3.77. The van der Waals surface area contributed by atoms with Gasteiger partial charge in [0.15, 0.2) is 22.1 Å². The van der Waals surface area contributed by atoms with Gasteiger partial charge in [-0.05, 0) is 70.3 Å². The van der Waals surface area contributed by atoms with Gasteiger partial charge in [-0.15, -0.1) is 0 Å². The lowest BCUT2D eigenvalue weighted by molar-refractivity contribution is -0.531. The lowest BCUT2D eigenvalue weighted by atomic mass is 9.80. The molecule has 5 heterocycles. The van der Waals surface area contributed by atoms with Gasteiger partial charge in [0, 0.05) is 26.9 Å². The Morgan fingerprint density at radius 2 is 1.00 bits per heavy atom. The summed E-state index contributed by atoms with van der Waals surface area (Å²) in [7, 11) is 0. The second-order valence-electron chi connectivity index (χ2n) is 12.1. The molecule has 50 heavy (non-hydrogen) atoms. The van der Waals surface area contributed by atoms with Gasteiger partial charge >= 0.3 is 11.8 Å². The molecule has 0 aliphatic carbocycles. The molecule has 0 radical (unpaired) electrons. The van der Waals surface area contributed by atoms with E-state index in [0.29, 0.717) is 23.5 Å². The SMILES string of the molecule is CC.CC.CC.O=C1c2cc3c4c5c(cc6c7c(ccc(c8ccc(c2c84)-c2[nH]c4ccccc4[n+]21)c75)-c1[nH]c2ccccc2[n+]1C6=O)OC3. The summed E-state index contributed by atoms with van der Waals surface area (Å²) in [6.45, 7) is 12.3. The number of carbonyl (C=O) groups is 2. The number of carbonyl (C=O) groups excluding carboxylic acids is 2. The molecule has 7 aromatic carbocycles. The summed E-state index contributed by atoms with van der Waals surface area (Å²) in [5.41, 5.74) is 7.88. The zero-order chi connectivity index (χ0) is 34.6. The van der Waals surface area contributed by atoms with E-state index in [4.69, 9.17) is 4.74 Å². The molecule has 3 aliphatic heterocycles. The molecule has 0 saturated carbocycles. The second-order valence-corrected chi connectivity index (χ2v) is 12.1. The first-order valence-electron chi connectivity index (χ1n) is 17.7. The van der Waals surface area contributed by atoms with Crippen molar-refractivity contribution in [2.24, 2.45) is 0 Å². The smallest absolute Gasteiger partial charge is 0.347 e. The molecule has 0 saturated heterocycles. The third kappa shape index (κ3) is 3.44. The zero-order valence-electron chi connectivity index (χ0n) is 28.9. The molecule has 2 N–H and O–H groups in total. The number of aromatic amines is 2. The van der Waals surface area contributed by atoms with Gasteiger partial charge in [-0.1, -0.05) is 77.9 Å². The molecule has 3 aliphatic rings. The summed E-state index contributed by atoms with van der Waals surface area (Å²) in [4.78, 5) is 35.5. The number of H-pyrrole nitrogens is 2. The van der Waals surface area contributed by atoms with Gasteiger partial charge in [0.05, 0.1) is 22.3 Å². The zero-order valence-corrected chi connectivity index (χ0v) is 28.9. The fraction of sp³-hybridized carbons (Fsp3) is 0.163. The summed E-state index contributed by atoms with van der Waals surface area (Å²) in [5.74, 6) is 2.19. The number of nitrogens with one attached hydrogen (secondary N) is 2. The number of aromatic nitrogens is 4. The molecule has 244 valence electrons. The van der Waals surface area contributed by atoms with Crippen LogP contribution in [0.25, 0.3) is 87.9 Å². The van der Waals surface area contributed by atoms with E-state index in [9.17, 15) is 9.59 Å². The van der Waals surface area contributed by atoms with Crippen LogP contribution in [-0.4, -0.2) is 21.8 Å². The van der Waals surface area contributed by atoms with E-state index < -0.39 is 0 Å². The van der Waals surface area contributed by atoms with E-state index in [2.05, 4.69) is 34.2 Å². The minimum atomic E-state index is -0.0655. The molecule has 9 aromatic rings. The minimum Gasteiger partial charge on any atom is -0.488 e. The van der Waals surface area contributed by atoms with E-state index in [-0.39, 0.29) is 11.8 Å². The molecule has 0 fully saturated rings. The number of benzene rings is 7. The predicted molar refractivity (Wildman–Crippen MR) is 200 cm³/mol. The first kappa shape index (κ1) is 30.0. The molecule has 0 bridgehead atoms. The second kappa shape index (κ2) is 10.7. The molecular weight excluding hydrogens is 620 g/mol. The fourth-order valence-electron chi connectivity index (χ4n) is 8.45. The standard InChI is InChI=1S/C37H16N4O3.3C2H6/c42-36-21-13-16-15-44-27-14-22-30-20(35-39-24-6-2-4-8-26(24)41(35)37(22)43)12-10-18-17-9-11-19(29(21)31(17)28(16)33(27)32(18)30)34-38-23-5-1-3-7-25(23)40(34)36;3*1-2/h1-14H,15H2;3*1-2H3/p+2. The van der Waals surface area contributed by atoms with Gasteiger partial charge in [0.25, 0.3) is 11.6 Å². The average molecular weight is 657 g/mol. The number of hydrogen-bond donors (Lipinski definition) is 2. The van der Waals surface area contributed by atoms with Crippen molar-refractivity contribution in [3.63, 3.8) is 0 Å². The Hall–Kier alpha value is -6.08. The first-order valence-corrected chi connectivity index (χ1v) is 17.7. The summed E-state index contributed by atoms with van der Waals surface area (Å²) < 4.78 is 10.1. The number of imidazole rings is 2. The van der Waals surface area contributed by atoms with Gasteiger partial charge in [0.2, 0.25) is 0 Å². The van der Waals surface area contributed by atoms with Crippen molar-refractivity contribution in [1.29, 1.82) is 0 Å². The van der Waals surface area contributed by atoms with Crippen LogP contribution in [0, 0.1) is 0 Å². The van der Waals surface area contributed by atoms with E-state index >= 15 is 0 Å². The highest BCUT2D eigenvalue weighted by Gasteiger charge is 2.40. The quantitative estimate of drug-likeness (QED) is 0.0969. The van der Waals surface area contributed by atoms with Crippen LogP contribution < -0.4 is 13.9 Å². The van der Waals surface area contributed by atoms with Crippen molar-refractivity contribution in [2.75, 3.05) is 0 Å². The highest BCUT2D eigenvalue weighted by atomic mass is 16.5.